The monoisotopic (exact) mass is 323 g/mol. The number of hydrogen-bond donors (Lipinski definition) is 0. The predicted octanol–water partition coefficient (Wildman–Crippen LogP) is 4.00. The maximum atomic E-state index is 12.4. The van der Waals surface area contributed by atoms with E-state index in [2.05, 4.69) is 0 Å². The zero-order valence-corrected chi connectivity index (χ0v) is 13.7. The van der Waals surface area contributed by atoms with Crippen molar-refractivity contribution in [2.24, 2.45) is 0 Å². The molecule has 0 saturated carbocycles. The second kappa shape index (κ2) is 7.48. The number of ether oxygens (including phenoxy) is 1. The van der Waals surface area contributed by atoms with Crippen LogP contribution in [0.3, 0.4) is 0 Å². The molecule has 0 N–H and O–H groups in total. The van der Waals surface area contributed by atoms with Crippen LogP contribution in [0, 0.1) is 0 Å². The van der Waals surface area contributed by atoms with E-state index in [1.807, 2.05) is 48.2 Å². The molecule has 0 spiro atoms. The van der Waals surface area contributed by atoms with Crippen molar-refractivity contribution in [3.05, 3.63) is 51.2 Å². The van der Waals surface area contributed by atoms with Gasteiger partial charge in [0.25, 0.3) is 0 Å². The molecule has 3 nitrogen and oxygen atoms in total. The summed E-state index contributed by atoms with van der Waals surface area (Å²) in [6.07, 6.45) is 0.379. The number of halogens is 1. The second-order valence-corrected chi connectivity index (χ2v) is 6.44. The summed E-state index contributed by atoms with van der Waals surface area (Å²) in [4.78, 5) is 15.3. The molecule has 0 unspecified atom stereocenters. The number of likely N-dealkylation sites (N-methyl/N-ethyl adjacent to an activating group) is 1. The molecular formula is C16H18ClNO2S. The first-order valence-electron chi connectivity index (χ1n) is 6.77. The van der Waals surface area contributed by atoms with Crippen molar-refractivity contribution in [2.45, 2.75) is 19.9 Å². The van der Waals surface area contributed by atoms with Crippen LogP contribution in [0.4, 0.5) is 0 Å². The lowest BCUT2D eigenvalue weighted by molar-refractivity contribution is -0.130. The van der Waals surface area contributed by atoms with E-state index < -0.39 is 0 Å². The third-order valence-corrected chi connectivity index (χ3v) is 4.42. The Bertz CT molecular complexity index is 612. The molecule has 1 aromatic heterocycles. The number of methoxy groups -OCH3 is 1. The van der Waals surface area contributed by atoms with Gasteiger partial charge in [0, 0.05) is 11.4 Å². The van der Waals surface area contributed by atoms with E-state index in [0.717, 1.165) is 20.5 Å². The van der Waals surface area contributed by atoms with Crippen molar-refractivity contribution in [3.8, 4) is 5.75 Å². The first-order chi connectivity index (χ1) is 10.1. The minimum absolute atomic E-state index is 0.107. The summed E-state index contributed by atoms with van der Waals surface area (Å²) >= 11 is 7.44. The number of hydrogen-bond acceptors (Lipinski definition) is 3. The Kier molecular flexibility index (Phi) is 5.65. The van der Waals surface area contributed by atoms with Crippen LogP contribution < -0.4 is 4.74 Å². The van der Waals surface area contributed by atoms with Crippen LogP contribution in [0.5, 0.6) is 5.75 Å². The normalized spacial score (nSPS) is 10.4. The molecule has 0 aliphatic heterocycles. The Labute approximate surface area is 134 Å². The van der Waals surface area contributed by atoms with E-state index in [-0.39, 0.29) is 5.91 Å². The lowest BCUT2D eigenvalue weighted by Crippen LogP contribution is -2.31. The van der Waals surface area contributed by atoms with E-state index in [0.29, 0.717) is 19.5 Å². The molecule has 0 aliphatic rings. The summed E-state index contributed by atoms with van der Waals surface area (Å²) in [7, 11) is 1.62. The summed E-state index contributed by atoms with van der Waals surface area (Å²) in [6.45, 7) is 3.27. The Morgan fingerprint density at radius 3 is 2.76 bits per heavy atom. The van der Waals surface area contributed by atoms with Gasteiger partial charge in [-0.3, -0.25) is 4.79 Å². The molecule has 0 saturated heterocycles. The maximum absolute atomic E-state index is 12.4. The fraction of sp³-hybridized carbons (Fsp3) is 0.312. The molecule has 1 amide bonds. The highest BCUT2D eigenvalue weighted by Gasteiger charge is 2.14. The fourth-order valence-electron chi connectivity index (χ4n) is 2.07. The molecule has 5 heteroatoms. The van der Waals surface area contributed by atoms with Gasteiger partial charge in [-0.2, -0.15) is 0 Å². The smallest absolute Gasteiger partial charge is 0.227 e. The van der Waals surface area contributed by atoms with E-state index >= 15 is 0 Å². The summed E-state index contributed by atoms with van der Waals surface area (Å²) in [5.74, 6) is 0.878. The Morgan fingerprint density at radius 2 is 2.14 bits per heavy atom. The fourth-order valence-corrected chi connectivity index (χ4v) is 3.17. The van der Waals surface area contributed by atoms with Crippen LogP contribution in [0.15, 0.2) is 36.4 Å². The SMILES string of the molecule is CCN(Cc1ccc(Cl)s1)C(=O)Cc1cccc(OC)c1. The highest BCUT2D eigenvalue weighted by atomic mass is 35.5. The quantitative estimate of drug-likeness (QED) is 0.804. The van der Waals surface area contributed by atoms with Crippen LogP contribution in [-0.2, 0) is 17.8 Å². The minimum Gasteiger partial charge on any atom is -0.497 e. The third kappa shape index (κ3) is 4.48. The average Bonchev–Trinajstić information content (AvgIpc) is 2.90. The summed E-state index contributed by atoms with van der Waals surface area (Å²) in [6, 6.07) is 11.4. The van der Waals surface area contributed by atoms with E-state index in [1.54, 1.807) is 7.11 Å². The zero-order chi connectivity index (χ0) is 15.2. The number of carbonyl (C=O) groups is 1. The van der Waals surface area contributed by atoms with Crippen LogP contribution >= 0.6 is 22.9 Å². The van der Waals surface area contributed by atoms with Crippen LogP contribution in [-0.4, -0.2) is 24.5 Å². The summed E-state index contributed by atoms with van der Waals surface area (Å²) in [5, 5.41) is 0. The standard InChI is InChI=1S/C16H18ClNO2S/c1-3-18(11-14-7-8-15(17)21-14)16(19)10-12-5-4-6-13(9-12)20-2/h4-9H,3,10-11H2,1-2H3. The number of amides is 1. The number of nitrogens with zero attached hydrogens (tertiary/aromatic N) is 1. The van der Waals surface area contributed by atoms with Gasteiger partial charge in [0.1, 0.15) is 5.75 Å². The number of carbonyl (C=O) groups excluding carboxylic acids is 1. The van der Waals surface area contributed by atoms with Crippen molar-refractivity contribution in [1.29, 1.82) is 0 Å². The molecule has 1 heterocycles. The van der Waals surface area contributed by atoms with Gasteiger partial charge in [-0.25, -0.2) is 0 Å². The number of benzene rings is 1. The van der Waals surface area contributed by atoms with Crippen LogP contribution in [0.25, 0.3) is 0 Å². The Morgan fingerprint density at radius 1 is 1.33 bits per heavy atom. The number of rotatable bonds is 6. The van der Waals surface area contributed by atoms with Crippen molar-refractivity contribution in [1.82, 2.24) is 4.90 Å². The molecule has 0 atom stereocenters. The van der Waals surface area contributed by atoms with E-state index in [4.69, 9.17) is 16.3 Å². The summed E-state index contributed by atoms with van der Waals surface area (Å²) in [5.41, 5.74) is 0.960. The van der Waals surface area contributed by atoms with Gasteiger partial charge in [0.05, 0.1) is 24.4 Å². The van der Waals surface area contributed by atoms with E-state index in [9.17, 15) is 4.79 Å². The molecule has 0 radical (unpaired) electrons. The largest absolute Gasteiger partial charge is 0.497 e. The third-order valence-electron chi connectivity index (χ3n) is 3.20. The zero-order valence-electron chi connectivity index (χ0n) is 12.1. The number of thiophene rings is 1. The van der Waals surface area contributed by atoms with Gasteiger partial charge in [-0.1, -0.05) is 23.7 Å². The van der Waals surface area contributed by atoms with Gasteiger partial charge in [0.15, 0.2) is 0 Å². The first-order valence-corrected chi connectivity index (χ1v) is 7.96. The lowest BCUT2D eigenvalue weighted by atomic mass is 10.1. The lowest BCUT2D eigenvalue weighted by Gasteiger charge is -2.20. The van der Waals surface area contributed by atoms with Crippen molar-refractivity contribution < 1.29 is 9.53 Å². The van der Waals surface area contributed by atoms with Crippen LogP contribution in [0.1, 0.15) is 17.4 Å². The Hall–Kier alpha value is -1.52. The van der Waals surface area contributed by atoms with Gasteiger partial charge >= 0.3 is 0 Å². The highest BCUT2D eigenvalue weighted by Crippen LogP contribution is 2.23. The molecule has 2 rings (SSSR count). The van der Waals surface area contributed by atoms with Gasteiger partial charge in [-0.15, -0.1) is 11.3 Å². The van der Waals surface area contributed by atoms with Gasteiger partial charge < -0.3 is 9.64 Å². The second-order valence-electron chi connectivity index (χ2n) is 4.64. The average molecular weight is 324 g/mol. The molecule has 112 valence electrons. The maximum Gasteiger partial charge on any atom is 0.227 e. The Balaban J connectivity index is 2.02. The first kappa shape index (κ1) is 15.9. The molecular weight excluding hydrogens is 306 g/mol. The van der Waals surface area contributed by atoms with Crippen molar-refractivity contribution in [3.63, 3.8) is 0 Å². The minimum atomic E-state index is 0.107. The van der Waals surface area contributed by atoms with Crippen molar-refractivity contribution in [2.75, 3.05) is 13.7 Å². The van der Waals surface area contributed by atoms with Crippen LogP contribution in [0.2, 0.25) is 4.34 Å². The van der Waals surface area contributed by atoms with Gasteiger partial charge in [-0.05, 0) is 36.8 Å². The molecule has 21 heavy (non-hydrogen) atoms. The highest BCUT2D eigenvalue weighted by molar-refractivity contribution is 7.16. The molecule has 1 aromatic carbocycles. The predicted molar refractivity (Wildman–Crippen MR) is 87.1 cm³/mol. The topological polar surface area (TPSA) is 29.5 Å². The summed E-state index contributed by atoms with van der Waals surface area (Å²) < 4.78 is 5.93. The molecule has 0 fully saturated rings. The molecule has 0 bridgehead atoms. The molecule has 0 aliphatic carbocycles. The van der Waals surface area contributed by atoms with Crippen molar-refractivity contribution >= 4 is 28.8 Å². The molecule has 2 aromatic rings. The van der Waals surface area contributed by atoms with E-state index in [1.165, 1.54) is 11.3 Å². The van der Waals surface area contributed by atoms with Gasteiger partial charge in [0.2, 0.25) is 5.91 Å².